The molecule has 0 aliphatic carbocycles. The van der Waals surface area contributed by atoms with Crippen molar-refractivity contribution < 1.29 is 14.1 Å². The van der Waals surface area contributed by atoms with Crippen molar-refractivity contribution in [2.75, 3.05) is 0 Å². The molecule has 18 heavy (non-hydrogen) atoms. The number of rotatable bonds is 4. The lowest BCUT2D eigenvalue weighted by Crippen LogP contribution is -1.96. The molecule has 0 saturated heterocycles. The van der Waals surface area contributed by atoms with Crippen LogP contribution in [-0.2, 0) is 6.61 Å². The average Bonchev–Trinajstić information content (AvgIpc) is 2.73. The molecule has 2 aromatic rings. The molecule has 1 heterocycles. The van der Waals surface area contributed by atoms with E-state index in [9.17, 15) is 14.5 Å². The maximum atomic E-state index is 13.5. The Kier molecular flexibility index (Phi) is 3.93. The van der Waals surface area contributed by atoms with Crippen molar-refractivity contribution in [3.63, 3.8) is 0 Å². The number of hydrogen-bond donors (Lipinski definition) is 0. The van der Waals surface area contributed by atoms with Gasteiger partial charge in [0.15, 0.2) is 11.6 Å². The smallest absolute Gasteiger partial charge is 0.272 e. The van der Waals surface area contributed by atoms with Crippen molar-refractivity contribution in [3.05, 3.63) is 54.9 Å². The highest BCUT2D eigenvalue weighted by atomic mass is 79.9. The third-order valence-corrected chi connectivity index (χ3v) is 3.72. The average molecular weight is 332 g/mol. The molecule has 0 unspecified atom stereocenters. The van der Waals surface area contributed by atoms with Crippen LogP contribution in [0.1, 0.15) is 4.88 Å². The summed E-state index contributed by atoms with van der Waals surface area (Å²) in [6.07, 6.45) is 0. The summed E-state index contributed by atoms with van der Waals surface area (Å²) in [4.78, 5) is 10.7. The third-order valence-electron chi connectivity index (χ3n) is 2.13. The number of nitro groups is 1. The van der Waals surface area contributed by atoms with Crippen LogP contribution in [0.5, 0.6) is 5.75 Å². The van der Waals surface area contributed by atoms with Gasteiger partial charge in [0.1, 0.15) is 6.61 Å². The molecule has 0 amide bonds. The predicted octanol–water partition coefficient (Wildman–Crippen LogP) is 4.14. The Hall–Kier alpha value is -1.47. The molecule has 0 N–H and O–H groups in total. The molecule has 0 aliphatic rings. The van der Waals surface area contributed by atoms with Crippen molar-refractivity contribution in [2.45, 2.75) is 6.61 Å². The minimum atomic E-state index is -0.736. The van der Waals surface area contributed by atoms with E-state index in [-0.39, 0.29) is 18.0 Å². The molecule has 0 radical (unpaired) electrons. The molecule has 7 heteroatoms. The van der Waals surface area contributed by atoms with Gasteiger partial charge in [0.2, 0.25) is 0 Å². The highest BCUT2D eigenvalue weighted by Crippen LogP contribution is 2.26. The van der Waals surface area contributed by atoms with E-state index in [2.05, 4.69) is 15.9 Å². The third kappa shape index (κ3) is 3.05. The molecule has 0 bridgehead atoms. The van der Waals surface area contributed by atoms with Gasteiger partial charge in [0.05, 0.1) is 14.8 Å². The van der Waals surface area contributed by atoms with Crippen molar-refractivity contribution >= 4 is 33.0 Å². The molecule has 4 nitrogen and oxygen atoms in total. The Morgan fingerprint density at radius 3 is 2.72 bits per heavy atom. The largest absolute Gasteiger partial charge is 0.485 e. The van der Waals surface area contributed by atoms with Gasteiger partial charge in [-0.05, 0) is 34.1 Å². The van der Waals surface area contributed by atoms with Crippen LogP contribution < -0.4 is 4.74 Å². The minimum absolute atomic E-state index is 0.00474. The second-order valence-corrected chi connectivity index (χ2v) is 5.91. The fourth-order valence-electron chi connectivity index (χ4n) is 1.30. The number of nitrogens with zero attached hydrogens (tertiary/aromatic N) is 1. The Morgan fingerprint density at radius 1 is 1.39 bits per heavy atom. The van der Waals surface area contributed by atoms with Gasteiger partial charge >= 0.3 is 0 Å². The zero-order valence-electron chi connectivity index (χ0n) is 8.93. The number of halogens is 2. The molecule has 0 saturated carbocycles. The van der Waals surface area contributed by atoms with Crippen LogP contribution in [0.25, 0.3) is 0 Å². The zero-order valence-corrected chi connectivity index (χ0v) is 11.3. The van der Waals surface area contributed by atoms with Gasteiger partial charge in [-0.3, -0.25) is 10.1 Å². The predicted molar refractivity (Wildman–Crippen MR) is 69.4 cm³/mol. The van der Waals surface area contributed by atoms with Gasteiger partial charge in [-0.2, -0.15) is 0 Å². The zero-order chi connectivity index (χ0) is 13.1. The quantitative estimate of drug-likeness (QED) is 0.625. The van der Waals surface area contributed by atoms with Crippen LogP contribution in [0.4, 0.5) is 10.1 Å². The summed E-state index contributed by atoms with van der Waals surface area (Å²) in [5, 5.41) is 10.4. The molecule has 0 aliphatic heterocycles. The van der Waals surface area contributed by atoms with E-state index in [1.54, 1.807) is 0 Å². The van der Waals surface area contributed by atoms with Gasteiger partial charge in [-0.25, -0.2) is 4.39 Å². The number of benzene rings is 1. The molecular formula is C11H7BrFNO3S. The molecule has 0 fully saturated rings. The van der Waals surface area contributed by atoms with Crippen LogP contribution in [0, 0.1) is 15.9 Å². The molecule has 2 rings (SSSR count). The highest BCUT2D eigenvalue weighted by Gasteiger charge is 2.11. The summed E-state index contributed by atoms with van der Waals surface area (Å²) in [5.74, 6) is -0.732. The monoisotopic (exact) mass is 331 g/mol. The topological polar surface area (TPSA) is 52.4 Å². The standard InChI is InChI=1S/C11H7BrFNO3S/c12-11-4-2-8(18-11)6-17-10-3-1-7(14(15)16)5-9(10)13/h1-5H,6H2. The maximum Gasteiger partial charge on any atom is 0.272 e. The Bertz CT molecular complexity index is 587. The van der Waals surface area contributed by atoms with Crippen LogP contribution in [0.2, 0.25) is 0 Å². The molecular weight excluding hydrogens is 325 g/mol. The van der Waals surface area contributed by atoms with Crippen molar-refractivity contribution in [1.29, 1.82) is 0 Å². The summed E-state index contributed by atoms with van der Waals surface area (Å²) in [5.41, 5.74) is -0.293. The normalized spacial score (nSPS) is 10.3. The summed E-state index contributed by atoms with van der Waals surface area (Å²) >= 11 is 4.79. The lowest BCUT2D eigenvalue weighted by Gasteiger charge is -2.05. The summed E-state index contributed by atoms with van der Waals surface area (Å²) in [6.45, 7) is 0.227. The van der Waals surface area contributed by atoms with Gasteiger partial charge in [-0.1, -0.05) is 0 Å². The van der Waals surface area contributed by atoms with Gasteiger partial charge < -0.3 is 4.74 Å². The van der Waals surface area contributed by atoms with E-state index in [0.29, 0.717) is 0 Å². The van der Waals surface area contributed by atoms with Crippen molar-refractivity contribution in [3.8, 4) is 5.75 Å². The Morgan fingerprint density at radius 2 is 2.17 bits per heavy atom. The summed E-state index contributed by atoms with van der Waals surface area (Å²) < 4.78 is 19.7. The van der Waals surface area contributed by atoms with E-state index in [1.807, 2.05) is 12.1 Å². The van der Waals surface area contributed by atoms with Crippen molar-refractivity contribution in [2.24, 2.45) is 0 Å². The second-order valence-electron chi connectivity index (χ2n) is 3.37. The van der Waals surface area contributed by atoms with Crippen LogP contribution in [-0.4, -0.2) is 4.92 Å². The Balaban J connectivity index is 2.08. The van der Waals surface area contributed by atoms with Crippen LogP contribution in [0.15, 0.2) is 34.1 Å². The first kappa shape index (κ1) is 13.0. The Labute approximate surface area is 114 Å². The van der Waals surface area contributed by atoms with Crippen molar-refractivity contribution in [1.82, 2.24) is 0 Å². The maximum absolute atomic E-state index is 13.5. The minimum Gasteiger partial charge on any atom is -0.485 e. The van der Waals surface area contributed by atoms with E-state index in [0.717, 1.165) is 14.7 Å². The van der Waals surface area contributed by atoms with Crippen LogP contribution >= 0.6 is 27.3 Å². The summed E-state index contributed by atoms with van der Waals surface area (Å²) in [6, 6.07) is 7.05. The molecule has 0 atom stereocenters. The first-order valence-electron chi connectivity index (χ1n) is 4.87. The second kappa shape index (κ2) is 5.45. The van der Waals surface area contributed by atoms with E-state index >= 15 is 0 Å². The first-order valence-corrected chi connectivity index (χ1v) is 6.48. The molecule has 94 valence electrons. The number of ether oxygens (including phenoxy) is 1. The number of thiophene rings is 1. The fourth-order valence-corrected chi connectivity index (χ4v) is 2.69. The number of nitro benzene ring substituents is 1. The van der Waals surface area contributed by atoms with E-state index < -0.39 is 10.7 Å². The molecule has 1 aromatic heterocycles. The number of hydrogen-bond acceptors (Lipinski definition) is 4. The summed E-state index contributed by atoms with van der Waals surface area (Å²) in [7, 11) is 0. The fraction of sp³-hybridized carbons (Fsp3) is 0.0909. The lowest BCUT2D eigenvalue weighted by molar-refractivity contribution is -0.385. The van der Waals surface area contributed by atoms with E-state index in [1.165, 1.54) is 23.5 Å². The highest BCUT2D eigenvalue weighted by molar-refractivity contribution is 9.11. The molecule has 1 aromatic carbocycles. The van der Waals surface area contributed by atoms with Gasteiger partial charge in [0.25, 0.3) is 5.69 Å². The number of non-ortho nitro benzene ring substituents is 1. The van der Waals surface area contributed by atoms with Crippen LogP contribution in [0.3, 0.4) is 0 Å². The van der Waals surface area contributed by atoms with Gasteiger partial charge in [0, 0.05) is 10.9 Å². The SMILES string of the molecule is O=[N+]([O-])c1ccc(OCc2ccc(Br)s2)c(F)c1. The van der Waals surface area contributed by atoms with E-state index in [4.69, 9.17) is 4.74 Å². The first-order chi connectivity index (χ1) is 8.56. The lowest BCUT2D eigenvalue weighted by atomic mass is 10.3. The molecule has 0 spiro atoms. The van der Waals surface area contributed by atoms with Gasteiger partial charge in [-0.15, -0.1) is 11.3 Å².